The second-order valence-corrected chi connectivity index (χ2v) is 5.07. The van der Waals surface area contributed by atoms with Crippen LogP contribution in [0.25, 0.3) is 0 Å². The molecule has 0 aromatic heterocycles. The van der Waals surface area contributed by atoms with Crippen LogP contribution in [0.4, 0.5) is 5.69 Å². The maximum Gasteiger partial charge on any atom is 0.220 e. The van der Waals surface area contributed by atoms with Crippen molar-refractivity contribution in [2.24, 2.45) is 0 Å². The van der Waals surface area contributed by atoms with Gasteiger partial charge in [-0.2, -0.15) is 0 Å². The van der Waals surface area contributed by atoms with Crippen LogP contribution in [-0.4, -0.2) is 18.5 Å². The molecule has 1 aliphatic rings. The average Bonchev–Trinajstić information content (AvgIpc) is 2.66. The highest BCUT2D eigenvalue weighted by Gasteiger charge is 2.19. The van der Waals surface area contributed by atoms with Gasteiger partial charge in [0.05, 0.1) is 5.02 Å². The minimum absolute atomic E-state index is 0.139. The first-order valence-electron chi connectivity index (χ1n) is 5.13. The Morgan fingerprint density at radius 3 is 3.00 bits per heavy atom. The summed E-state index contributed by atoms with van der Waals surface area (Å²) in [6.45, 7) is 0.740. The van der Waals surface area contributed by atoms with Crippen LogP contribution < -0.4 is 10.6 Å². The Morgan fingerprint density at radius 1 is 1.56 bits per heavy atom. The van der Waals surface area contributed by atoms with E-state index in [9.17, 15) is 4.79 Å². The van der Waals surface area contributed by atoms with Gasteiger partial charge in [-0.05, 0) is 40.5 Å². The highest BCUT2D eigenvalue weighted by molar-refractivity contribution is 9.10. The molecule has 2 rings (SSSR count). The maximum absolute atomic E-state index is 11.0. The first-order chi connectivity index (χ1) is 7.65. The number of amides is 1. The Balaban J connectivity index is 1.89. The average molecular weight is 304 g/mol. The summed E-state index contributed by atoms with van der Waals surface area (Å²) in [5.74, 6) is 0.139. The van der Waals surface area contributed by atoms with E-state index in [1.807, 2.05) is 18.2 Å². The fourth-order valence-electron chi connectivity index (χ4n) is 1.68. The van der Waals surface area contributed by atoms with Crippen LogP contribution in [-0.2, 0) is 4.79 Å². The smallest absolute Gasteiger partial charge is 0.220 e. The summed E-state index contributed by atoms with van der Waals surface area (Å²) >= 11 is 9.31. The molecule has 0 radical (unpaired) electrons. The number of hydrogen-bond donors (Lipinski definition) is 2. The largest absolute Gasteiger partial charge is 0.383 e. The van der Waals surface area contributed by atoms with Crippen molar-refractivity contribution in [3.8, 4) is 0 Å². The van der Waals surface area contributed by atoms with Crippen molar-refractivity contribution in [2.75, 3.05) is 11.9 Å². The van der Waals surface area contributed by atoms with Gasteiger partial charge in [-0.15, -0.1) is 0 Å². The Labute approximate surface area is 108 Å². The lowest BCUT2D eigenvalue weighted by atomic mass is 10.2. The van der Waals surface area contributed by atoms with Gasteiger partial charge in [0.1, 0.15) is 0 Å². The Hall–Kier alpha value is -0.740. The predicted octanol–water partition coefficient (Wildman–Crippen LogP) is 2.79. The van der Waals surface area contributed by atoms with Crippen LogP contribution in [0.3, 0.4) is 0 Å². The van der Waals surface area contributed by atoms with Crippen molar-refractivity contribution in [1.29, 1.82) is 0 Å². The van der Waals surface area contributed by atoms with Crippen molar-refractivity contribution in [2.45, 2.75) is 18.9 Å². The normalized spacial score (nSPS) is 19.6. The van der Waals surface area contributed by atoms with Gasteiger partial charge in [0.2, 0.25) is 5.91 Å². The highest BCUT2D eigenvalue weighted by Crippen LogP contribution is 2.25. The molecule has 1 aliphatic heterocycles. The molecule has 1 aromatic carbocycles. The van der Waals surface area contributed by atoms with Crippen LogP contribution in [0, 0.1) is 0 Å². The van der Waals surface area contributed by atoms with Crippen molar-refractivity contribution in [1.82, 2.24) is 5.32 Å². The van der Waals surface area contributed by atoms with E-state index < -0.39 is 0 Å². The van der Waals surface area contributed by atoms with Gasteiger partial charge in [0, 0.05) is 29.2 Å². The Morgan fingerprint density at radius 2 is 2.38 bits per heavy atom. The quantitative estimate of drug-likeness (QED) is 0.901. The van der Waals surface area contributed by atoms with Crippen molar-refractivity contribution in [3.05, 3.63) is 27.7 Å². The predicted molar refractivity (Wildman–Crippen MR) is 68.8 cm³/mol. The monoisotopic (exact) mass is 302 g/mol. The molecule has 0 spiro atoms. The van der Waals surface area contributed by atoms with Crippen LogP contribution in [0.1, 0.15) is 12.8 Å². The summed E-state index contributed by atoms with van der Waals surface area (Å²) in [5, 5.41) is 6.84. The number of rotatable bonds is 3. The lowest BCUT2D eigenvalue weighted by Gasteiger charge is -2.12. The molecule has 0 saturated carbocycles. The van der Waals surface area contributed by atoms with Gasteiger partial charge in [-0.25, -0.2) is 0 Å². The molecule has 1 atom stereocenters. The van der Waals surface area contributed by atoms with Crippen LogP contribution >= 0.6 is 27.5 Å². The summed E-state index contributed by atoms with van der Waals surface area (Å²) in [4.78, 5) is 11.0. The molecule has 0 bridgehead atoms. The van der Waals surface area contributed by atoms with Crippen LogP contribution in [0.15, 0.2) is 22.7 Å². The van der Waals surface area contributed by atoms with Gasteiger partial charge in [0.15, 0.2) is 0 Å². The molecule has 1 unspecified atom stereocenters. The zero-order valence-electron chi connectivity index (χ0n) is 8.59. The second kappa shape index (κ2) is 5.06. The minimum atomic E-state index is 0.139. The minimum Gasteiger partial charge on any atom is -0.383 e. The lowest BCUT2D eigenvalue weighted by Crippen LogP contribution is -2.31. The molecular formula is C11H12BrClN2O. The van der Waals surface area contributed by atoms with Gasteiger partial charge < -0.3 is 10.6 Å². The number of carbonyl (C=O) groups is 1. The molecule has 1 amide bonds. The summed E-state index contributed by atoms with van der Waals surface area (Å²) < 4.78 is 0.883. The van der Waals surface area contributed by atoms with E-state index in [1.165, 1.54) is 0 Å². The first kappa shape index (κ1) is 11.7. The number of benzene rings is 1. The highest BCUT2D eigenvalue weighted by atomic mass is 79.9. The summed E-state index contributed by atoms with van der Waals surface area (Å²) in [7, 11) is 0. The molecule has 3 nitrogen and oxygen atoms in total. The van der Waals surface area contributed by atoms with E-state index in [0.29, 0.717) is 11.4 Å². The molecule has 2 N–H and O–H groups in total. The molecule has 0 aliphatic carbocycles. The molecular weight excluding hydrogens is 291 g/mol. The van der Waals surface area contributed by atoms with E-state index in [1.54, 1.807) is 0 Å². The zero-order chi connectivity index (χ0) is 11.5. The van der Waals surface area contributed by atoms with E-state index in [0.717, 1.165) is 23.1 Å². The topological polar surface area (TPSA) is 41.1 Å². The van der Waals surface area contributed by atoms with Crippen LogP contribution in [0.2, 0.25) is 5.02 Å². The first-order valence-corrected chi connectivity index (χ1v) is 6.30. The molecule has 86 valence electrons. The molecule has 16 heavy (non-hydrogen) atoms. The van der Waals surface area contributed by atoms with Gasteiger partial charge >= 0.3 is 0 Å². The Kier molecular flexibility index (Phi) is 3.71. The molecule has 1 fully saturated rings. The fourth-order valence-corrected chi connectivity index (χ4v) is 2.10. The van der Waals surface area contributed by atoms with Gasteiger partial charge in [-0.1, -0.05) is 11.6 Å². The van der Waals surface area contributed by atoms with E-state index in [-0.39, 0.29) is 11.9 Å². The number of carbonyl (C=O) groups excluding carboxylic acids is 1. The third-order valence-electron chi connectivity index (χ3n) is 2.56. The number of nitrogens with one attached hydrogen (secondary N) is 2. The number of anilines is 1. The molecule has 1 heterocycles. The molecule has 1 aromatic rings. The zero-order valence-corrected chi connectivity index (χ0v) is 10.9. The van der Waals surface area contributed by atoms with E-state index >= 15 is 0 Å². The third kappa shape index (κ3) is 2.89. The Bertz CT molecular complexity index is 411. The maximum atomic E-state index is 11.0. The number of halogens is 2. The third-order valence-corrected chi connectivity index (χ3v) is 3.79. The standard InChI is InChI=1S/C11H12BrClN2O/c12-9-3-1-7(5-10(9)13)14-6-8-2-4-11(16)15-8/h1,3,5,8,14H,2,4,6H2,(H,15,16). The van der Waals surface area contributed by atoms with Gasteiger partial charge in [0.25, 0.3) is 0 Å². The summed E-state index contributed by atoms with van der Waals surface area (Å²) in [6, 6.07) is 5.95. The number of hydrogen-bond acceptors (Lipinski definition) is 2. The summed E-state index contributed by atoms with van der Waals surface area (Å²) in [5.41, 5.74) is 0.967. The molecule has 1 saturated heterocycles. The van der Waals surface area contributed by atoms with Gasteiger partial charge in [-0.3, -0.25) is 4.79 Å². The van der Waals surface area contributed by atoms with Crippen LogP contribution in [0.5, 0.6) is 0 Å². The SMILES string of the molecule is O=C1CCC(CNc2ccc(Br)c(Cl)c2)N1. The van der Waals surface area contributed by atoms with Crippen molar-refractivity contribution >= 4 is 39.1 Å². The van der Waals surface area contributed by atoms with Crippen molar-refractivity contribution in [3.63, 3.8) is 0 Å². The van der Waals surface area contributed by atoms with Crippen molar-refractivity contribution < 1.29 is 4.79 Å². The van der Waals surface area contributed by atoms with E-state index in [2.05, 4.69) is 26.6 Å². The lowest BCUT2D eigenvalue weighted by molar-refractivity contribution is -0.119. The second-order valence-electron chi connectivity index (χ2n) is 3.81. The summed E-state index contributed by atoms with van der Waals surface area (Å²) in [6.07, 6.45) is 1.53. The molecule has 5 heteroatoms. The fraction of sp³-hybridized carbons (Fsp3) is 0.364. The van der Waals surface area contributed by atoms with E-state index in [4.69, 9.17) is 11.6 Å².